The molecule has 3 aromatic rings. The van der Waals surface area contributed by atoms with Gasteiger partial charge in [-0.25, -0.2) is 4.98 Å². The first-order valence-corrected chi connectivity index (χ1v) is 9.13. The minimum Gasteiger partial charge on any atom is -0.315 e. The number of aromatic nitrogens is 1. The van der Waals surface area contributed by atoms with Crippen molar-refractivity contribution >= 4 is 22.5 Å². The molecule has 1 aliphatic heterocycles. The predicted octanol–water partition coefficient (Wildman–Crippen LogP) is 3.81. The molecule has 1 fully saturated rings. The fraction of sp³-hybridized carbons (Fsp3) is 0.273. The second-order valence-corrected chi connectivity index (χ2v) is 7.05. The number of amides is 1. The molecule has 4 rings (SSSR count). The van der Waals surface area contributed by atoms with Gasteiger partial charge in [0.2, 0.25) is 5.91 Å². The Morgan fingerprint density at radius 3 is 2.58 bits per heavy atom. The average molecular weight is 345 g/mol. The van der Waals surface area contributed by atoms with Crippen molar-refractivity contribution in [2.45, 2.75) is 12.8 Å². The van der Waals surface area contributed by atoms with Crippen LogP contribution in [0.3, 0.4) is 0 Å². The quantitative estimate of drug-likeness (QED) is 0.759. The molecule has 2 heterocycles. The lowest BCUT2D eigenvalue weighted by Crippen LogP contribution is -2.46. The Labute approximate surface area is 153 Å². The number of anilines is 1. The normalized spacial score (nSPS) is 22.9. The standard InChI is InChI=1S/C22H23N3O/c1-15-19(16-7-3-2-4-8-16)13-23-14-20(15)22(26)25-21-11-17-9-5-6-10-18(17)12-24-21/h2-12,15,19-20,23H,13-14H2,1H3,(H,24,25,26)/t15?,19-,20-/m0/s1. The van der Waals surface area contributed by atoms with Gasteiger partial charge in [0.1, 0.15) is 5.82 Å². The minimum atomic E-state index is -0.0813. The fourth-order valence-corrected chi connectivity index (χ4v) is 3.87. The highest BCUT2D eigenvalue weighted by molar-refractivity contribution is 5.94. The molecule has 132 valence electrons. The van der Waals surface area contributed by atoms with Gasteiger partial charge in [-0.1, -0.05) is 61.5 Å². The van der Waals surface area contributed by atoms with Gasteiger partial charge in [-0.2, -0.15) is 0 Å². The average Bonchev–Trinajstić information content (AvgIpc) is 2.68. The number of rotatable bonds is 3. The largest absolute Gasteiger partial charge is 0.315 e. The molecule has 4 heteroatoms. The number of benzene rings is 2. The summed E-state index contributed by atoms with van der Waals surface area (Å²) >= 11 is 0. The first-order chi connectivity index (χ1) is 12.7. The minimum absolute atomic E-state index is 0.0356. The highest BCUT2D eigenvalue weighted by atomic mass is 16.2. The van der Waals surface area contributed by atoms with Gasteiger partial charge in [0.25, 0.3) is 0 Å². The van der Waals surface area contributed by atoms with Crippen LogP contribution >= 0.6 is 0 Å². The smallest absolute Gasteiger partial charge is 0.230 e. The van der Waals surface area contributed by atoms with Crippen molar-refractivity contribution in [1.82, 2.24) is 10.3 Å². The first kappa shape index (κ1) is 16.7. The summed E-state index contributed by atoms with van der Waals surface area (Å²) in [5.41, 5.74) is 1.29. The molecule has 0 saturated carbocycles. The van der Waals surface area contributed by atoms with E-state index in [9.17, 15) is 4.79 Å². The van der Waals surface area contributed by atoms with E-state index in [4.69, 9.17) is 0 Å². The van der Waals surface area contributed by atoms with E-state index in [1.54, 1.807) is 6.20 Å². The first-order valence-electron chi connectivity index (χ1n) is 9.13. The summed E-state index contributed by atoms with van der Waals surface area (Å²) < 4.78 is 0. The predicted molar refractivity (Wildman–Crippen MR) is 105 cm³/mol. The van der Waals surface area contributed by atoms with E-state index in [-0.39, 0.29) is 17.7 Å². The molecule has 0 spiro atoms. The summed E-state index contributed by atoms with van der Waals surface area (Å²) in [4.78, 5) is 17.3. The topological polar surface area (TPSA) is 54.0 Å². The maximum atomic E-state index is 12.9. The van der Waals surface area contributed by atoms with Crippen LogP contribution in [0.15, 0.2) is 66.9 Å². The van der Waals surface area contributed by atoms with Gasteiger partial charge in [0.15, 0.2) is 0 Å². The molecule has 1 aliphatic rings. The summed E-state index contributed by atoms with van der Waals surface area (Å²) in [7, 11) is 0. The van der Waals surface area contributed by atoms with Gasteiger partial charge < -0.3 is 10.6 Å². The fourth-order valence-electron chi connectivity index (χ4n) is 3.87. The van der Waals surface area contributed by atoms with Crippen molar-refractivity contribution in [3.63, 3.8) is 0 Å². The third kappa shape index (κ3) is 3.33. The molecule has 2 N–H and O–H groups in total. The van der Waals surface area contributed by atoms with Crippen LogP contribution in [-0.4, -0.2) is 24.0 Å². The van der Waals surface area contributed by atoms with Crippen LogP contribution in [0, 0.1) is 11.8 Å². The zero-order valence-electron chi connectivity index (χ0n) is 14.9. The van der Waals surface area contributed by atoms with Crippen molar-refractivity contribution in [2.24, 2.45) is 11.8 Å². The number of fused-ring (bicyclic) bond motifs is 1. The molecule has 0 bridgehead atoms. The Bertz CT molecular complexity index is 909. The molecule has 0 radical (unpaired) electrons. The molecule has 3 atom stereocenters. The molecule has 2 aromatic carbocycles. The number of carbonyl (C=O) groups is 1. The molecule has 0 aliphatic carbocycles. The number of hydrogen-bond acceptors (Lipinski definition) is 3. The van der Waals surface area contributed by atoms with Crippen molar-refractivity contribution in [3.05, 3.63) is 72.4 Å². The molecule has 26 heavy (non-hydrogen) atoms. The van der Waals surface area contributed by atoms with E-state index in [0.717, 1.165) is 17.3 Å². The zero-order valence-corrected chi connectivity index (χ0v) is 14.9. The van der Waals surface area contributed by atoms with E-state index in [1.807, 2.05) is 36.4 Å². The molecule has 1 saturated heterocycles. The number of carbonyl (C=O) groups excluding carboxylic acids is 1. The summed E-state index contributed by atoms with van der Waals surface area (Å²) in [6.07, 6.45) is 1.81. The van der Waals surface area contributed by atoms with Crippen molar-refractivity contribution < 1.29 is 4.79 Å². The second kappa shape index (κ2) is 7.26. The van der Waals surface area contributed by atoms with E-state index < -0.39 is 0 Å². The van der Waals surface area contributed by atoms with Gasteiger partial charge in [-0.3, -0.25) is 4.79 Å². The number of nitrogens with one attached hydrogen (secondary N) is 2. The van der Waals surface area contributed by atoms with Gasteiger partial charge in [0.05, 0.1) is 5.92 Å². The van der Waals surface area contributed by atoms with E-state index >= 15 is 0 Å². The van der Waals surface area contributed by atoms with Crippen molar-refractivity contribution in [2.75, 3.05) is 18.4 Å². The van der Waals surface area contributed by atoms with Gasteiger partial charge in [-0.15, -0.1) is 0 Å². The molecular formula is C22H23N3O. The highest BCUT2D eigenvalue weighted by Crippen LogP contribution is 2.33. The molecule has 4 nitrogen and oxygen atoms in total. The summed E-state index contributed by atoms with van der Waals surface area (Å²) in [6, 6.07) is 20.4. The van der Waals surface area contributed by atoms with Crippen LogP contribution in [0.2, 0.25) is 0 Å². The lowest BCUT2D eigenvalue weighted by Gasteiger charge is -2.36. The van der Waals surface area contributed by atoms with E-state index in [2.05, 4.69) is 46.8 Å². The lowest BCUT2D eigenvalue weighted by molar-refractivity contribution is -0.122. The van der Waals surface area contributed by atoms with Crippen LogP contribution in [-0.2, 0) is 4.79 Å². The zero-order chi connectivity index (χ0) is 17.9. The Morgan fingerprint density at radius 1 is 1.04 bits per heavy atom. The van der Waals surface area contributed by atoms with Crippen molar-refractivity contribution in [1.29, 1.82) is 0 Å². The third-order valence-corrected chi connectivity index (χ3v) is 5.44. The SMILES string of the molecule is CC1[C@@H](C(=O)Nc2cc3ccccc3cn2)CNC[C@@H]1c1ccccc1. The number of nitrogens with zero attached hydrogens (tertiary/aromatic N) is 1. The van der Waals surface area contributed by atoms with E-state index in [1.165, 1.54) is 5.56 Å². The Kier molecular flexibility index (Phi) is 4.67. The van der Waals surface area contributed by atoms with Crippen molar-refractivity contribution in [3.8, 4) is 0 Å². The number of pyridine rings is 1. The maximum Gasteiger partial charge on any atom is 0.230 e. The summed E-state index contributed by atoms with van der Waals surface area (Å²) in [5.74, 6) is 1.17. The van der Waals surface area contributed by atoms with Gasteiger partial charge >= 0.3 is 0 Å². The summed E-state index contributed by atoms with van der Waals surface area (Å²) in [6.45, 7) is 3.78. The van der Waals surface area contributed by atoms with Gasteiger partial charge in [-0.05, 0) is 28.9 Å². The van der Waals surface area contributed by atoms with Crippen LogP contribution in [0.25, 0.3) is 10.8 Å². The highest BCUT2D eigenvalue weighted by Gasteiger charge is 2.35. The molecule has 1 aromatic heterocycles. The maximum absolute atomic E-state index is 12.9. The van der Waals surface area contributed by atoms with Crippen LogP contribution in [0.4, 0.5) is 5.82 Å². The monoisotopic (exact) mass is 345 g/mol. The molecule has 1 amide bonds. The van der Waals surface area contributed by atoms with Crippen LogP contribution in [0.5, 0.6) is 0 Å². The Morgan fingerprint density at radius 2 is 1.77 bits per heavy atom. The number of piperidine rings is 1. The van der Waals surface area contributed by atoms with Crippen LogP contribution in [0.1, 0.15) is 18.4 Å². The lowest BCUT2D eigenvalue weighted by atomic mass is 9.76. The second-order valence-electron chi connectivity index (χ2n) is 7.05. The van der Waals surface area contributed by atoms with E-state index in [0.29, 0.717) is 18.3 Å². The Hall–Kier alpha value is -2.72. The summed E-state index contributed by atoms with van der Waals surface area (Å²) in [5, 5.41) is 8.60. The number of hydrogen-bond donors (Lipinski definition) is 2. The third-order valence-electron chi connectivity index (χ3n) is 5.44. The van der Waals surface area contributed by atoms with Gasteiger partial charge in [0, 0.05) is 24.7 Å². The Balaban J connectivity index is 1.51. The molecular weight excluding hydrogens is 322 g/mol. The molecule has 1 unspecified atom stereocenters. The van der Waals surface area contributed by atoms with Crippen LogP contribution < -0.4 is 10.6 Å².